The highest BCUT2D eigenvalue weighted by Crippen LogP contribution is 2.39. The zero-order valence-corrected chi connectivity index (χ0v) is 10.9. The van der Waals surface area contributed by atoms with Crippen molar-refractivity contribution in [2.45, 2.75) is 31.2 Å². The van der Waals surface area contributed by atoms with Gasteiger partial charge >= 0.3 is 6.09 Å². The van der Waals surface area contributed by atoms with E-state index >= 15 is 0 Å². The standard InChI is InChI=1S/C14H19NO3/c1-17-12-7-5-6-11(10-12)14(8-3-4-9-14)15-13(16)18-2/h5-7,10H,3-4,8-9H2,1-2H3,(H,15,16). The molecule has 0 bridgehead atoms. The molecule has 1 saturated carbocycles. The van der Waals surface area contributed by atoms with Crippen LogP contribution in [0.5, 0.6) is 5.75 Å². The zero-order chi connectivity index (χ0) is 13.0. The largest absolute Gasteiger partial charge is 0.497 e. The average molecular weight is 249 g/mol. The van der Waals surface area contributed by atoms with Crippen LogP contribution in [-0.4, -0.2) is 20.3 Å². The van der Waals surface area contributed by atoms with Crippen LogP contribution in [0.2, 0.25) is 0 Å². The van der Waals surface area contributed by atoms with Crippen LogP contribution in [0.15, 0.2) is 24.3 Å². The number of benzene rings is 1. The Labute approximate surface area is 107 Å². The summed E-state index contributed by atoms with van der Waals surface area (Å²) in [5.74, 6) is 0.811. The van der Waals surface area contributed by atoms with Crippen molar-refractivity contribution in [3.05, 3.63) is 29.8 Å². The van der Waals surface area contributed by atoms with Gasteiger partial charge in [-0.3, -0.25) is 0 Å². The normalized spacial score (nSPS) is 17.2. The monoisotopic (exact) mass is 249 g/mol. The molecule has 1 fully saturated rings. The fourth-order valence-electron chi connectivity index (χ4n) is 2.63. The van der Waals surface area contributed by atoms with Gasteiger partial charge < -0.3 is 14.8 Å². The van der Waals surface area contributed by atoms with Gasteiger partial charge in [0.05, 0.1) is 19.8 Å². The fourth-order valence-corrected chi connectivity index (χ4v) is 2.63. The van der Waals surface area contributed by atoms with Crippen LogP contribution in [0.1, 0.15) is 31.2 Å². The maximum atomic E-state index is 11.5. The molecule has 1 aromatic carbocycles. The highest BCUT2D eigenvalue weighted by Gasteiger charge is 2.37. The van der Waals surface area contributed by atoms with Crippen molar-refractivity contribution in [1.82, 2.24) is 5.32 Å². The molecule has 0 spiro atoms. The molecule has 0 aromatic heterocycles. The summed E-state index contributed by atoms with van der Waals surface area (Å²) in [6.45, 7) is 0. The van der Waals surface area contributed by atoms with Crippen molar-refractivity contribution in [3.63, 3.8) is 0 Å². The summed E-state index contributed by atoms with van der Waals surface area (Å²) in [6, 6.07) is 7.88. The number of rotatable bonds is 3. The van der Waals surface area contributed by atoms with E-state index in [1.807, 2.05) is 24.3 Å². The average Bonchev–Trinajstić information content (AvgIpc) is 2.88. The molecule has 4 nitrogen and oxygen atoms in total. The second-order valence-electron chi connectivity index (χ2n) is 4.64. The highest BCUT2D eigenvalue weighted by molar-refractivity contribution is 5.68. The minimum Gasteiger partial charge on any atom is -0.497 e. The van der Waals surface area contributed by atoms with E-state index in [-0.39, 0.29) is 11.6 Å². The lowest BCUT2D eigenvalue weighted by atomic mass is 9.88. The Morgan fingerprint density at radius 2 is 2.00 bits per heavy atom. The van der Waals surface area contributed by atoms with Crippen molar-refractivity contribution >= 4 is 6.09 Å². The van der Waals surface area contributed by atoms with E-state index in [2.05, 4.69) is 5.32 Å². The SMILES string of the molecule is COC(=O)NC1(c2cccc(OC)c2)CCCC1. The van der Waals surface area contributed by atoms with Gasteiger partial charge in [-0.2, -0.15) is 0 Å². The van der Waals surface area contributed by atoms with Crippen molar-refractivity contribution in [2.75, 3.05) is 14.2 Å². The van der Waals surface area contributed by atoms with E-state index in [9.17, 15) is 4.79 Å². The Morgan fingerprint density at radius 1 is 1.28 bits per heavy atom. The molecular weight excluding hydrogens is 230 g/mol. The van der Waals surface area contributed by atoms with Gasteiger partial charge in [0, 0.05) is 0 Å². The molecular formula is C14H19NO3. The van der Waals surface area contributed by atoms with Crippen LogP contribution >= 0.6 is 0 Å². The van der Waals surface area contributed by atoms with Crippen LogP contribution in [0, 0.1) is 0 Å². The predicted octanol–water partition coefficient (Wildman–Crippen LogP) is 2.82. The summed E-state index contributed by atoms with van der Waals surface area (Å²) in [5, 5.41) is 2.99. The van der Waals surface area contributed by atoms with E-state index in [1.165, 1.54) is 7.11 Å². The summed E-state index contributed by atoms with van der Waals surface area (Å²) < 4.78 is 9.98. The number of carbonyl (C=O) groups excluding carboxylic acids is 1. The first-order valence-corrected chi connectivity index (χ1v) is 6.21. The van der Waals surface area contributed by atoms with Crippen LogP contribution < -0.4 is 10.1 Å². The Balaban J connectivity index is 2.31. The van der Waals surface area contributed by atoms with Gasteiger partial charge in [0.2, 0.25) is 0 Å². The molecule has 1 N–H and O–H groups in total. The first kappa shape index (κ1) is 12.7. The van der Waals surface area contributed by atoms with Crippen molar-refractivity contribution < 1.29 is 14.3 Å². The van der Waals surface area contributed by atoms with Crippen LogP contribution in [0.3, 0.4) is 0 Å². The maximum Gasteiger partial charge on any atom is 0.407 e. The third-order valence-electron chi connectivity index (χ3n) is 3.61. The molecule has 1 aromatic rings. The minimum absolute atomic E-state index is 0.304. The van der Waals surface area contributed by atoms with E-state index in [1.54, 1.807) is 7.11 Å². The van der Waals surface area contributed by atoms with Gasteiger partial charge in [0.15, 0.2) is 0 Å². The molecule has 98 valence electrons. The first-order valence-electron chi connectivity index (χ1n) is 6.21. The first-order chi connectivity index (χ1) is 8.70. The Morgan fingerprint density at radius 3 is 2.61 bits per heavy atom. The number of hydrogen-bond acceptors (Lipinski definition) is 3. The van der Waals surface area contributed by atoms with Gasteiger partial charge in [0.25, 0.3) is 0 Å². The van der Waals surface area contributed by atoms with Gasteiger partial charge in [-0.25, -0.2) is 4.79 Å². The molecule has 0 aliphatic heterocycles. The topological polar surface area (TPSA) is 47.6 Å². The smallest absolute Gasteiger partial charge is 0.407 e. The molecule has 1 aliphatic rings. The number of carbonyl (C=O) groups is 1. The molecule has 0 atom stereocenters. The minimum atomic E-state index is -0.375. The number of ether oxygens (including phenoxy) is 2. The molecule has 2 rings (SSSR count). The molecule has 0 unspecified atom stereocenters. The molecule has 18 heavy (non-hydrogen) atoms. The van der Waals surface area contributed by atoms with Crippen LogP contribution in [0.25, 0.3) is 0 Å². The zero-order valence-electron chi connectivity index (χ0n) is 10.9. The van der Waals surface area contributed by atoms with E-state index in [4.69, 9.17) is 9.47 Å². The third kappa shape index (κ3) is 2.42. The number of methoxy groups -OCH3 is 2. The second-order valence-corrected chi connectivity index (χ2v) is 4.64. The predicted molar refractivity (Wildman–Crippen MR) is 68.7 cm³/mol. The van der Waals surface area contributed by atoms with Crippen molar-refractivity contribution in [2.24, 2.45) is 0 Å². The summed E-state index contributed by atoms with van der Waals surface area (Å²) in [7, 11) is 3.04. The third-order valence-corrected chi connectivity index (χ3v) is 3.61. The lowest BCUT2D eigenvalue weighted by molar-refractivity contribution is 0.155. The Kier molecular flexibility index (Phi) is 3.75. The summed E-state index contributed by atoms with van der Waals surface area (Å²) >= 11 is 0. The van der Waals surface area contributed by atoms with Crippen molar-refractivity contribution in [1.29, 1.82) is 0 Å². The molecule has 0 saturated heterocycles. The molecule has 1 aliphatic carbocycles. The molecule has 1 amide bonds. The Hall–Kier alpha value is -1.71. The van der Waals surface area contributed by atoms with E-state index < -0.39 is 0 Å². The summed E-state index contributed by atoms with van der Waals surface area (Å²) in [4.78, 5) is 11.5. The van der Waals surface area contributed by atoms with E-state index in [0.717, 1.165) is 37.0 Å². The quantitative estimate of drug-likeness (QED) is 0.896. The maximum absolute atomic E-state index is 11.5. The van der Waals surface area contributed by atoms with Crippen LogP contribution in [-0.2, 0) is 10.3 Å². The highest BCUT2D eigenvalue weighted by atomic mass is 16.5. The summed E-state index contributed by atoms with van der Waals surface area (Å²) in [6.07, 6.45) is 3.73. The molecule has 0 heterocycles. The number of nitrogens with one attached hydrogen (secondary N) is 1. The summed E-state index contributed by atoms with van der Waals surface area (Å²) in [5.41, 5.74) is 0.784. The Bertz CT molecular complexity index is 425. The number of hydrogen-bond donors (Lipinski definition) is 1. The number of alkyl carbamates (subject to hydrolysis) is 1. The molecule has 0 radical (unpaired) electrons. The van der Waals surface area contributed by atoms with Gasteiger partial charge in [-0.1, -0.05) is 25.0 Å². The second kappa shape index (κ2) is 5.29. The van der Waals surface area contributed by atoms with Crippen molar-refractivity contribution in [3.8, 4) is 5.75 Å². The van der Waals surface area contributed by atoms with Gasteiger partial charge in [-0.05, 0) is 30.5 Å². The lowest BCUT2D eigenvalue weighted by Crippen LogP contribution is -2.43. The molecule has 4 heteroatoms. The van der Waals surface area contributed by atoms with Gasteiger partial charge in [0.1, 0.15) is 5.75 Å². The fraction of sp³-hybridized carbons (Fsp3) is 0.500. The van der Waals surface area contributed by atoms with Gasteiger partial charge in [-0.15, -0.1) is 0 Å². The van der Waals surface area contributed by atoms with Crippen LogP contribution in [0.4, 0.5) is 4.79 Å². The lowest BCUT2D eigenvalue weighted by Gasteiger charge is -2.30. The van der Waals surface area contributed by atoms with E-state index in [0.29, 0.717) is 0 Å². The number of amides is 1.